The van der Waals surface area contributed by atoms with Crippen molar-refractivity contribution in [2.45, 2.75) is 0 Å². The van der Waals surface area contributed by atoms with Gasteiger partial charge in [0.05, 0.1) is 5.56 Å². The fourth-order valence-corrected chi connectivity index (χ4v) is 1.20. The van der Waals surface area contributed by atoms with Gasteiger partial charge in [-0.3, -0.25) is 4.79 Å². The van der Waals surface area contributed by atoms with Crippen LogP contribution in [0.3, 0.4) is 0 Å². The Balaban J connectivity index is 3.32. The SMILES string of the molecule is O=C(I)c1c(F)cccc1F. The molecule has 0 aromatic heterocycles. The predicted molar refractivity (Wildman–Crippen MR) is 44.7 cm³/mol. The van der Waals surface area contributed by atoms with Crippen LogP contribution in [-0.4, -0.2) is 3.79 Å². The molecular weight excluding hydrogens is 265 g/mol. The van der Waals surface area contributed by atoms with Crippen molar-refractivity contribution in [3.05, 3.63) is 35.4 Å². The van der Waals surface area contributed by atoms with E-state index in [4.69, 9.17) is 0 Å². The number of benzene rings is 1. The van der Waals surface area contributed by atoms with E-state index in [1.54, 1.807) is 0 Å². The van der Waals surface area contributed by atoms with Gasteiger partial charge in [-0.05, 0) is 12.1 Å². The molecular formula is C7H3F2IO. The first kappa shape index (κ1) is 8.58. The van der Waals surface area contributed by atoms with Gasteiger partial charge >= 0.3 is 0 Å². The molecule has 1 nitrogen and oxygen atoms in total. The van der Waals surface area contributed by atoms with Gasteiger partial charge in [0.25, 0.3) is 0 Å². The molecule has 11 heavy (non-hydrogen) atoms. The maximum Gasteiger partial charge on any atom is 0.228 e. The van der Waals surface area contributed by atoms with E-state index in [0.29, 0.717) is 0 Å². The van der Waals surface area contributed by atoms with E-state index in [1.165, 1.54) is 28.7 Å². The lowest BCUT2D eigenvalue weighted by atomic mass is 10.2. The minimum Gasteiger partial charge on any atom is -0.282 e. The monoisotopic (exact) mass is 268 g/mol. The number of carbonyl (C=O) groups excluding carboxylic acids is 1. The average Bonchev–Trinajstić information content (AvgIpc) is 1.85. The molecule has 0 aliphatic heterocycles. The Bertz CT molecular complexity index is 278. The Hall–Kier alpha value is -0.520. The van der Waals surface area contributed by atoms with Crippen molar-refractivity contribution >= 4 is 26.4 Å². The molecule has 0 fully saturated rings. The second-order valence-electron chi connectivity index (χ2n) is 1.87. The third-order valence-corrected chi connectivity index (χ3v) is 1.70. The first-order valence-corrected chi connectivity index (χ1v) is 3.84. The standard InChI is InChI=1S/C7H3F2IO/c8-4-2-1-3-5(9)6(4)7(10)11/h1-3H. The first-order valence-electron chi connectivity index (χ1n) is 2.77. The quantitative estimate of drug-likeness (QED) is 0.565. The molecule has 0 saturated heterocycles. The number of rotatable bonds is 1. The van der Waals surface area contributed by atoms with Crippen molar-refractivity contribution in [3.8, 4) is 0 Å². The summed E-state index contributed by atoms with van der Waals surface area (Å²) in [6.45, 7) is 0. The summed E-state index contributed by atoms with van der Waals surface area (Å²) < 4.78 is 24.6. The van der Waals surface area contributed by atoms with Crippen molar-refractivity contribution < 1.29 is 13.6 Å². The molecule has 0 aliphatic rings. The zero-order chi connectivity index (χ0) is 8.43. The maximum absolute atomic E-state index is 12.6. The Kier molecular flexibility index (Phi) is 2.53. The van der Waals surface area contributed by atoms with Crippen molar-refractivity contribution in [1.29, 1.82) is 0 Å². The zero-order valence-electron chi connectivity index (χ0n) is 5.27. The highest BCUT2D eigenvalue weighted by Crippen LogP contribution is 2.15. The van der Waals surface area contributed by atoms with Crippen LogP contribution in [0.4, 0.5) is 8.78 Å². The first-order chi connectivity index (χ1) is 5.13. The Morgan fingerprint density at radius 2 is 1.73 bits per heavy atom. The summed E-state index contributed by atoms with van der Waals surface area (Å²) in [6.07, 6.45) is 0. The summed E-state index contributed by atoms with van der Waals surface area (Å²) in [4.78, 5) is 10.6. The van der Waals surface area contributed by atoms with E-state index in [9.17, 15) is 13.6 Å². The van der Waals surface area contributed by atoms with Crippen molar-refractivity contribution in [2.24, 2.45) is 0 Å². The van der Waals surface area contributed by atoms with E-state index in [-0.39, 0.29) is 0 Å². The van der Waals surface area contributed by atoms with Crippen LogP contribution in [0.5, 0.6) is 0 Å². The van der Waals surface area contributed by atoms with Crippen LogP contribution >= 0.6 is 22.6 Å². The highest BCUT2D eigenvalue weighted by Gasteiger charge is 2.13. The summed E-state index contributed by atoms with van der Waals surface area (Å²) in [7, 11) is 0. The van der Waals surface area contributed by atoms with Crippen LogP contribution in [0.25, 0.3) is 0 Å². The van der Waals surface area contributed by atoms with Crippen molar-refractivity contribution in [1.82, 2.24) is 0 Å². The third-order valence-electron chi connectivity index (χ3n) is 1.16. The summed E-state index contributed by atoms with van der Waals surface area (Å²) in [5.41, 5.74) is -0.479. The fourth-order valence-electron chi connectivity index (χ4n) is 0.686. The zero-order valence-corrected chi connectivity index (χ0v) is 7.43. The number of halogens is 3. The van der Waals surface area contributed by atoms with E-state index < -0.39 is 21.0 Å². The van der Waals surface area contributed by atoms with Crippen LogP contribution in [-0.2, 0) is 0 Å². The average molecular weight is 268 g/mol. The summed E-state index contributed by atoms with van der Waals surface area (Å²) in [5, 5.41) is 0. The molecule has 0 saturated carbocycles. The Labute approximate surface area is 75.6 Å². The van der Waals surface area contributed by atoms with E-state index in [1.807, 2.05) is 0 Å². The van der Waals surface area contributed by atoms with Crippen LogP contribution < -0.4 is 0 Å². The number of hydrogen-bond donors (Lipinski definition) is 0. The van der Waals surface area contributed by atoms with Gasteiger partial charge < -0.3 is 0 Å². The van der Waals surface area contributed by atoms with Crippen LogP contribution in [0.2, 0.25) is 0 Å². The van der Waals surface area contributed by atoms with E-state index in [2.05, 4.69) is 0 Å². The largest absolute Gasteiger partial charge is 0.282 e. The van der Waals surface area contributed by atoms with Gasteiger partial charge in [0.2, 0.25) is 3.79 Å². The molecule has 0 aliphatic carbocycles. The highest BCUT2D eigenvalue weighted by atomic mass is 127. The van der Waals surface area contributed by atoms with Gasteiger partial charge in [-0.2, -0.15) is 0 Å². The van der Waals surface area contributed by atoms with Gasteiger partial charge in [0, 0.05) is 22.6 Å². The van der Waals surface area contributed by atoms with Gasteiger partial charge in [0.15, 0.2) is 0 Å². The van der Waals surface area contributed by atoms with Crippen molar-refractivity contribution in [3.63, 3.8) is 0 Å². The molecule has 0 N–H and O–H groups in total. The van der Waals surface area contributed by atoms with Crippen LogP contribution in [0.15, 0.2) is 18.2 Å². The lowest BCUT2D eigenvalue weighted by molar-refractivity contribution is 0.109. The normalized spacial score (nSPS) is 9.73. The Morgan fingerprint density at radius 3 is 2.00 bits per heavy atom. The molecule has 0 atom stereocenters. The summed E-state index contributed by atoms with van der Waals surface area (Å²) in [5.74, 6) is -1.63. The topological polar surface area (TPSA) is 17.1 Å². The lowest BCUT2D eigenvalue weighted by Gasteiger charge is -1.96. The van der Waals surface area contributed by atoms with Crippen molar-refractivity contribution in [2.75, 3.05) is 0 Å². The number of carbonyl (C=O) groups is 1. The summed E-state index contributed by atoms with van der Waals surface area (Å²) >= 11 is 1.34. The molecule has 1 aromatic carbocycles. The molecule has 4 heteroatoms. The molecule has 0 spiro atoms. The predicted octanol–water partition coefficient (Wildman–Crippen LogP) is 2.54. The molecule has 0 heterocycles. The Morgan fingerprint density at radius 1 is 1.27 bits per heavy atom. The molecule has 1 rings (SSSR count). The fraction of sp³-hybridized carbons (Fsp3) is 0. The van der Waals surface area contributed by atoms with Gasteiger partial charge in [-0.1, -0.05) is 6.07 Å². The second-order valence-corrected chi connectivity index (χ2v) is 2.85. The second kappa shape index (κ2) is 3.25. The highest BCUT2D eigenvalue weighted by molar-refractivity contribution is 14.1. The molecule has 1 aromatic rings. The minimum absolute atomic E-state index is 0.479. The van der Waals surface area contributed by atoms with Gasteiger partial charge in [-0.25, -0.2) is 8.78 Å². The van der Waals surface area contributed by atoms with Crippen LogP contribution in [0.1, 0.15) is 10.4 Å². The van der Waals surface area contributed by atoms with Gasteiger partial charge in [-0.15, -0.1) is 0 Å². The molecule has 0 amide bonds. The molecule has 0 unspecified atom stereocenters. The minimum atomic E-state index is -0.815. The molecule has 0 bridgehead atoms. The van der Waals surface area contributed by atoms with E-state index >= 15 is 0 Å². The van der Waals surface area contributed by atoms with E-state index in [0.717, 1.165) is 12.1 Å². The number of hydrogen-bond acceptors (Lipinski definition) is 1. The lowest BCUT2D eigenvalue weighted by Crippen LogP contribution is -1.97. The maximum atomic E-state index is 12.6. The summed E-state index contributed by atoms with van der Waals surface area (Å²) in [6, 6.07) is 3.32. The van der Waals surface area contributed by atoms with Crippen LogP contribution in [0, 0.1) is 11.6 Å². The molecule has 0 radical (unpaired) electrons. The smallest absolute Gasteiger partial charge is 0.228 e. The third kappa shape index (κ3) is 1.74. The molecule has 58 valence electrons. The van der Waals surface area contributed by atoms with Gasteiger partial charge in [0.1, 0.15) is 11.6 Å².